The van der Waals surface area contributed by atoms with Crippen LogP contribution in [0.25, 0.3) is 10.8 Å². The maximum absolute atomic E-state index is 11.5. The van der Waals surface area contributed by atoms with Crippen LogP contribution in [0.4, 0.5) is 5.69 Å². The van der Waals surface area contributed by atoms with E-state index in [1.807, 2.05) is 18.2 Å². The summed E-state index contributed by atoms with van der Waals surface area (Å²) in [6.07, 6.45) is 0. The number of ether oxygens (including phenoxy) is 2. The van der Waals surface area contributed by atoms with Crippen LogP contribution in [0.1, 0.15) is 10.4 Å². The highest BCUT2D eigenvalue weighted by atomic mass is 16.5. The predicted molar refractivity (Wildman–Crippen MR) is 66.3 cm³/mol. The van der Waals surface area contributed by atoms with E-state index in [9.17, 15) is 4.79 Å². The maximum Gasteiger partial charge on any atom is 0.339 e. The van der Waals surface area contributed by atoms with Crippen molar-refractivity contribution in [3.8, 4) is 5.75 Å². The Kier molecular flexibility index (Phi) is 2.87. The number of hydrogen-bond donors (Lipinski definition) is 1. The van der Waals surface area contributed by atoms with Crippen molar-refractivity contribution in [3.05, 3.63) is 35.9 Å². The number of esters is 1. The molecule has 0 atom stereocenters. The molecule has 0 spiro atoms. The van der Waals surface area contributed by atoms with E-state index >= 15 is 0 Å². The molecule has 0 aliphatic heterocycles. The summed E-state index contributed by atoms with van der Waals surface area (Å²) in [5.74, 6) is 0.322. The Morgan fingerprint density at radius 3 is 2.53 bits per heavy atom. The van der Waals surface area contributed by atoms with E-state index < -0.39 is 5.97 Å². The fourth-order valence-electron chi connectivity index (χ4n) is 1.71. The van der Waals surface area contributed by atoms with E-state index in [1.54, 1.807) is 19.2 Å². The Bertz CT molecular complexity index is 578. The first-order valence-electron chi connectivity index (χ1n) is 5.11. The molecule has 0 aliphatic carbocycles. The second-order valence-electron chi connectivity index (χ2n) is 3.64. The van der Waals surface area contributed by atoms with Crippen LogP contribution >= 0.6 is 0 Å². The van der Waals surface area contributed by atoms with Crippen molar-refractivity contribution in [2.24, 2.45) is 0 Å². The Morgan fingerprint density at radius 1 is 1.12 bits per heavy atom. The van der Waals surface area contributed by atoms with E-state index in [2.05, 4.69) is 4.74 Å². The van der Waals surface area contributed by atoms with E-state index in [1.165, 1.54) is 7.11 Å². The molecule has 88 valence electrons. The van der Waals surface area contributed by atoms with E-state index in [0.717, 1.165) is 16.5 Å². The highest BCUT2D eigenvalue weighted by Crippen LogP contribution is 2.26. The largest absolute Gasteiger partial charge is 0.497 e. The molecule has 0 aliphatic rings. The molecule has 4 heteroatoms. The Morgan fingerprint density at radius 2 is 1.88 bits per heavy atom. The molecule has 0 aromatic heterocycles. The number of benzene rings is 2. The fraction of sp³-hybridized carbons (Fsp3) is 0.154. The molecular weight excluding hydrogens is 218 g/mol. The second kappa shape index (κ2) is 4.33. The number of methoxy groups -OCH3 is 2. The molecule has 2 rings (SSSR count). The van der Waals surface area contributed by atoms with Gasteiger partial charge in [-0.15, -0.1) is 0 Å². The summed E-state index contributed by atoms with van der Waals surface area (Å²) in [6.45, 7) is 0. The monoisotopic (exact) mass is 231 g/mol. The molecule has 0 saturated heterocycles. The van der Waals surface area contributed by atoms with Crippen molar-refractivity contribution in [2.45, 2.75) is 0 Å². The average molecular weight is 231 g/mol. The summed E-state index contributed by atoms with van der Waals surface area (Å²) in [7, 11) is 2.94. The van der Waals surface area contributed by atoms with Gasteiger partial charge in [-0.2, -0.15) is 0 Å². The average Bonchev–Trinajstić information content (AvgIpc) is 2.36. The Hall–Kier alpha value is -2.23. The third-order valence-electron chi connectivity index (χ3n) is 2.62. The number of carbonyl (C=O) groups excluding carboxylic acids is 1. The summed E-state index contributed by atoms with van der Waals surface area (Å²) in [5, 5.41) is 1.84. The topological polar surface area (TPSA) is 61.5 Å². The molecule has 0 unspecified atom stereocenters. The normalized spacial score (nSPS) is 10.2. The SMILES string of the molecule is COC(=O)c1cc2ccc(OC)cc2cc1N. The zero-order chi connectivity index (χ0) is 12.4. The number of hydrogen-bond acceptors (Lipinski definition) is 4. The molecular formula is C13H13NO3. The second-order valence-corrected chi connectivity index (χ2v) is 3.64. The maximum atomic E-state index is 11.5. The lowest BCUT2D eigenvalue weighted by Crippen LogP contribution is -2.05. The first kappa shape index (κ1) is 11.3. The molecule has 0 saturated carbocycles. The van der Waals surface area contributed by atoms with Crippen molar-refractivity contribution in [2.75, 3.05) is 20.0 Å². The number of anilines is 1. The number of fused-ring (bicyclic) bond motifs is 1. The van der Waals surface area contributed by atoms with Crippen LogP contribution in [0.5, 0.6) is 5.75 Å². The van der Waals surface area contributed by atoms with Gasteiger partial charge in [0.25, 0.3) is 0 Å². The third kappa shape index (κ3) is 2.01. The molecule has 2 aromatic rings. The lowest BCUT2D eigenvalue weighted by Gasteiger charge is -2.07. The number of nitrogens with two attached hydrogens (primary N) is 1. The van der Waals surface area contributed by atoms with Gasteiger partial charge in [0.2, 0.25) is 0 Å². The highest BCUT2D eigenvalue weighted by molar-refractivity contribution is 6.01. The lowest BCUT2D eigenvalue weighted by atomic mass is 10.0. The van der Waals surface area contributed by atoms with E-state index in [-0.39, 0.29) is 0 Å². The number of carbonyl (C=O) groups is 1. The van der Waals surface area contributed by atoms with Crippen LogP contribution in [0.15, 0.2) is 30.3 Å². The summed E-state index contributed by atoms with van der Waals surface area (Å²) in [5.41, 5.74) is 6.59. The smallest absolute Gasteiger partial charge is 0.339 e. The third-order valence-corrected chi connectivity index (χ3v) is 2.62. The Balaban J connectivity index is 2.62. The minimum absolute atomic E-state index is 0.380. The van der Waals surface area contributed by atoms with Gasteiger partial charge in [0.15, 0.2) is 0 Å². The standard InChI is InChI=1S/C13H13NO3/c1-16-10-4-3-8-6-11(13(15)17-2)12(14)7-9(8)5-10/h3-7H,14H2,1-2H3. The van der Waals surface area contributed by atoms with Crippen molar-refractivity contribution in [1.29, 1.82) is 0 Å². The zero-order valence-electron chi connectivity index (χ0n) is 9.69. The molecule has 0 amide bonds. The molecule has 17 heavy (non-hydrogen) atoms. The van der Waals surface area contributed by atoms with Crippen molar-refractivity contribution < 1.29 is 14.3 Å². The van der Waals surface area contributed by atoms with Gasteiger partial charge in [-0.3, -0.25) is 0 Å². The van der Waals surface area contributed by atoms with E-state index in [0.29, 0.717) is 11.3 Å². The molecule has 0 radical (unpaired) electrons. The first-order chi connectivity index (χ1) is 8.15. The summed E-state index contributed by atoms with van der Waals surface area (Å²) in [4.78, 5) is 11.5. The van der Waals surface area contributed by atoms with Gasteiger partial charge in [0.1, 0.15) is 5.75 Å². The molecule has 4 nitrogen and oxygen atoms in total. The molecule has 0 fully saturated rings. The van der Waals surface area contributed by atoms with Gasteiger partial charge in [-0.05, 0) is 35.0 Å². The molecule has 0 bridgehead atoms. The van der Waals surface area contributed by atoms with Crippen LogP contribution in [-0.4, -0.2) is 20.2 Å². The van der Waals surface area contributed by atoms with Gasteiger partial charge in [-0.25, -0.2) is 4.79 Å². The van der Waals surface area contributed by atoms with Crippen LogP contribution in [0, 0.1) is 0 Å². The van der Waals surface area contributed by atoms with Crippen LogP contribution in [0.2, 0.25) is 0 Å². The van der Waals surface area contributed by atoms with Crippen LogP contribution in [0.3, 0.4) is 0 Å². The van der Waals surface area contributed by atoms with Gasteiger partial charge in [0, 0.05) is 5.69 Å². The van der Waals surface area contributed by atoms with E-state index in [4.69, 9.17) is 10.5 Å². The van der Waals surface area contributed by atoms with Crippen molar-refractivity contribution >= 4 is 22.4 Å². The van der Waals surface area contributed by atoms with Crippen molar-refractivity contribution in [1.82, 2.24) is 0 Å². The van der Waals surface area contributed by atoms with Crippen molar-refractivity contribution in [3.63, 3.8) is 0 Å². The van der Waals surface area contributed by atoms with Gasteiger partial charge >= 0.3 is 5.97 Å². The fourth-order valence-corrected chi connectivity index (χ4v) is 1.71. The summed E-state index contributed by atoms with van der Waals surface area (Å²) in [6, 6.07) is 9.03. The van der Waals surface area contributed by atoms with Gasteiger partial charge in [0.05, 0.1) is 19.8 Å². The minimum Gasteiger partial charge on any atom is -0.497 e. The van der Waals surface area contributed by atoms with Crippen LogP contribution < -0.4 is 10.5 Å². The number of rotatable bonds is 2. The summed E-state index contributed by atoms with van der Waals surface area (Å²) < 4.78 is 9.80. The Labute approximate surface area is 98.9 Å². The van der Waals surface area contributed by atoms with Gasteiger partial charge in [-0.1, -0.05) is 6.07 Å². The number of nitrogen functional groups attached to an aromatic ring is 1. The zero-order valence-corrected chi connectivity index (χ0v) is 9.69. The summed E-state index contributed by atoms with van der Waals surface area (Å²) >= 11 is 0. The molecule has 0 heterocycles. The lowest BCUT2D eigenvalue weighted by molar-refractivity contribution is 0.0602. The quantitative estimate of drug-likeness (QED) is 0.636. The first-order valence-corrected chi connectivity index (χ1v) is 5.11. The molecule has 2 N–H and O–H groups in total. The predicted octanol–water partition coefficient (Wildman–Crippen LogP) is 2.22. The highest BCUT2D eigenvalue weighted by Gasteiger charge is 2.11. The molecule has 2 aromatic carbocycles. The minimum atomic E-state index is -0.430. The van der Waals surface area contributed by atoms with Crippen LogP contribution in [-0.2, 0) is 4.74 Å². The van der Waals surface area contributed by atoms with Gasteiger partial charge < -0.3 is 15.2 Å².